The maximum atomic E-state index is 11.2. The van der Waals surface area contributed by atoms with E-state index in [4.69, 9.17) is 16.3 Å². The van der Waals surface area contributed by atoms with E-state index in [2.05, 4.69) is 0 Å². The predicted molar refractivity (Wildman–Crippen MR) is 78.9 cm³/mol. The van der Waals surface area contributed by atoms with Crippen LogP contribution >= 0.6 is 11.6 Å². The van der Waals surface area contributed by atoms with Gasteiger partial charge < -0.3 is 4.74 Å². The Morgan fingerprint density at radius 2 is 2.00 bits per heavy atom. The Balaban J connectivity index is 2.17. The summed E-state index contributed by atoms with van der Waals surface area (Å²) >= 11 is 6.03. The fraction of sp³-hybridized carbons (Fsp3) is 0.133. The predicted octanol–water partition coefficient (Wildman–Crippen LogP) is 4.03. The number of ether oxygens (including phenoxy) is 1. The molecule has 0 saturated heterocycles. The zero-order valence-corrected chi connectivity index (χ0v) is 12.0. The van der Waals surface area contributed by atoms with Crippen molar-refractivity contribution in [3.05, 3.63) is 68.7 Å². The Morgan fingerprint density at radius 3 is 2.62 bits per heavy atom. The zero-order valence-electron chi connectivity index (χ0n) is 11.2. The van der Waals surface area contributed by atoms with Crippen LogP contribution in [-0.4, -0.2) is 10.7 Å². The van der Waals surface area contributed by atoms with Crippen molar-refractivity contribution in [3.63, 3.8) is 0 Å². The molecule has 2 rings (SSSR count). The number of benzene rings is 2. The summed E-state index contributed by atoms with van der Waals surface area (Å²) in [6.45, 7) is 1.47. The second-order valence-corrected chi connectivity index (χ2v) is 4.78. The number of nitro groups is 1. The molecule has 0 aliphatic rings. The highest BCUT2D eigenvalue weighted by molar-refractivity contribution is 6.32. The largest absolute Gasteiger partial charge is 0.487 e. The van der Waals surface area contributed by atoms with Crippen LogP contribution in [0.3, 0.4) is 0 Å². The fourth-order valence-corrected chi connectivity index (χ4v) is 2.04. The molecule has 0 bridgehead atoms. The van der Waals surface area contributed by atoms with Gasteiger partial charge in [0.1, 0.15) is 12.4 Å². The van der Waals surface area contributed by atoms with Gasteiger partial charge in [-0.2, -0.15) is 0 Å². The van der Waals surface area contributed by atoms with E-state index >= 15 is 0 Å². The molecular weight excluding hydrogens is 294 g/mol. The number of ketones is 1. The van der Waals surface area contributed by atoms with Crippen LogP contribution < -0.4 is 4.74 Å². The van der Waals surface area contributed by atoms with E-state index in [0.29, 0.717) is 21.9 Å². The second-order valence-electron chi connectivity index (χ2n) is 4.38. The summed E-state index contributed by atoms with van der Waals surface area (Å²) < 4.78 is 5.50. The van der Waals surface area contributed by atoms with Crippen molar-refractivity contribution >= 4 is 23.1 Å². The average Bonchev–Trinajstić information content (AvgIpc) is 2.46. The molecule has 0 heterocycles. The minimum Gasteiger partial charge on any atom is -0.487 e. The molecule has 108 valence electrons. The third-order valence-corrected chi connectivity index (χ3v) is 3.21. The Bertz CT molecular complexity index is 700. The van der Waals surface area contributed by atoms with Crippen LogP contribution in [0.5, 0.6) is 5.75 Å². The molecule has 5 nitrogen and oxygen atoms in total. The lowest BCUT2D eigenvalue weighted by Gasteiger charge is -2.09. The maximum Gasteiger partial charge on any atom is 0.276 e. The van der Waals surface area contributed by atoms with Gasteiger partial charge in [0.25, 0.3) is 5.69 Å². The summed E-state index contributed by atoms with van der Waals surface area (Å²) in [5, 5.41) is 11.2. The summed E-state index contributed by atoms with van der Waals surface area (Å²) in [5.41, 5.74) is 0.932. The number of para-hydroxylation sites is 1. The molecule has 0 N–H and O–H groups in total. The average molecular weight is 306 g/mol. The third-order valence-electron chi connectivity index (χ3n) is 2.91. The molecule has 0 fully saturated rings. The second kappa shape index (κ2) is 6.37. The summed E-state index contributed by atoms with van der Waals surface area (Å²) in [7, 11) is 0. The van der Waals surface area contributed by atoms with E-state index in [1.54, 1.807) is 30.3 Å². The van der Waals surface area contributed by atoms with Gasteiger partial charge in [-0.3, -0.25) is 14.9 Å². The van der Waals surface area contributed by atoms with Gasteiger partial charge >= 0.3 is 0 Å². The lowest BCUT2D eigenvalue weighted by molar-refractivity contribution is -0.385. The van der Waals surface area contributed by atoms with Gasteiger partial charge in [0, 0.05) is 11.6 Å². The highest BCUT2D eigenvalue weighted by Crippen LogP contribution is 2.27. The van der Waals surface area contributed by atoms with Crippen LogP contribution in [0, 0.1) is 10.1 Å². The van der Waals surface area contributed by atoms with Gasteiger partial charge in [-0.25, -0.2) is 0 Å². The monoisotopic (exact) mass is 305 g/mol. The molecule has 2 aromatic carbocycles. The number of rotatable bonds is 5. The Morgan fingerprint density at radius 1 is 1.29 bits per heavy atom. The van der Waals surface area contributed by atoms with Crippen LogP contribution in [0.15, 0.2) is 42.5 Å². The SMILES string of the molecule is CC(=O)c1ccc(OCc2ccccc2[N+](=O)[O-])c(Cl)c1. The smallest absolute Gasteiger partial charge is 0.276 e. The van der Waals surface area contributed by atoms with E-state index in [1.807, 2.05) is 0 Å². The number of carbonyl (C=O) groups is 1. The molecule has 0 aromatic heterocycles. The molecular formula is C15H12ClNO4. The minimum atomic E-state index is -0.459. The molecule has 6 heteroatoms. The lowest BCUT2D eigenvalue weighted by Crippen LogP contribution is -2.01. The molecule has 0 saturated carbocycles. The number of Topliss-reactive ketones (excluding diaryl/α,β-unsaturated/α-hetero) is 1. The number of nitrogens with zero attached hydrogens (tertiary/aromatic N) is 1. The lowest BCUT2D eigenvalue weighted by atomic mass is 10.1. The summed E-state index contributed by atoms with van der Waals surface area (Å²) in [6, 6.07) is 11.0. The number of hydrogen-bond donors (Lipinski definition) is 0. The Labute approximate surface area is 126 Å². The Hall–Kier alpha value is -2.40. The van der Waals surface area contributed by atoms with Crippen molar-refractivity contribution in [2.45, 2.75) is 13.5 Å². The van der Waals surface area contributed by atoms with Crippen LogP contribution in [0.25, 0.3) is 0 Å². The zero-order chi connectivity index (χ0) is 15.4. The van der Waals surface area contributed by atoms with E-state index < -0.39 is 4.92 Å². The van der Waals surface area contributed by atoms with E-state index in [9.17, 15) is 14.9 Å². The summed E-state index contributed by atoms with van der Waals surface area (Å²) in [5.74, 6) is 0.280. The molecule has 0 amide bonds. The fourth-order valence-electron chi connectivity index (χ4n) is 1.80. The number of hydrogen-bond acceptors (Lipinski definition) is 4. The number of carbonyl (C=O) groups excluding carboxylic acids is 1. The van der Waals surface area contributed by atoms with Crippen LogP contribution in [-0.2, 0) is 6.61 Å². The summed E-state index contributed by atoms with van der Waals surface area (Å²) in [4.78, 5) is 21.7. The van der Waals surface area contributed by atoms with Gasteiger partial charge in [0.15, 0.2) is 5.78 Å². The van der Waals surface area contributed by atoms with E-state index in [-0.39, 0.29) is 18.1 Å². The molecule has 21 heavy (non-hydrogen) atoms. The van der Waals surface area contributed by atoms with Gasteiger partial charge in [0.2, 0.25) is 0 Å². The molecule has 2 aromatic rings. The Kier molecular flexibility index (Phi) is 4.55. The standard InChI is InChI=1S/C15H12ClNO4/c1-10(18)11-6-7-15(13(16)8-11)21-9-12-4-2-3-5-14(12)17(19)20/h2-8H,9H2,1H3. The topological polar surface area (TPSA) is 69.4 Å². The van der Waals surface area contributed by atoms with Crippen LogP contribution in [0.1, 0.15) is 22.8 Å². The first-order valence-electron chi connectivity index (χ1n) is 6.14. The highest BCUT2D eigenvalue weighted by Gasteiger charge is 2.13. The van der Waals surface area contributed by atoms with Gasteiger partial charge in [-0.05, 0) is 31.2 Å². The van der Waals surface area contributed by atoms with E-state index in [0.717, 1.165) is 0 Å². The minimum absolute atomic E-state index is 0.00558. The molecule has 0 aliphatic heterocycles. The number of nitro benzene ring substituents is 1. The highest BCUT2D eigenvalue weighted by atomic mass is 35.5. The maximum absolute atomic E-state index is 11.2. The quantitative estimate of drug-likeness (QED) is 0.475. The molecule has 0 spiro atoms. The van der Waals surface area contributed by atoms with Gasteiger partial charge in [0.05, 0.1) is 15.5 Å². The third kappa shape index (κ3) is 3.58. The number of halogens is 1. The van der Waals surface area contributed by atoms with Crippen molar-refractivity contribution in [1.82, 2.24) is 0 Å². The molecule has 0 aliphatic carbocycles. The van der Waals surface area contributed by atoms with Crippen LogP contribution in [0.4, 0.5) is 5.69 Å². The normalized spacial score (nSPS) is 10.2. The summed E-state index contributed by atoms with van der Waals surface area (Å²) in [6.07, 6.45) is 0. The first-order chi connectivity index (χ1) is 9.99. The van der Waals surface area contributed by atoms with Crippen molar-refractivity contribution in [2.75, 3.05) is 0 Å². The van der Waals surface area contributed by atoms with E-state index in [1.165, 1.54) is 19.1 Å². The molecule has 0 unspecified atom stereocenters. The first-order valence-corrected chi connectivity index (χ1v) is 6.52. The van der Waals surface area contributed by atoms with Crippen molar-refractivity contribution < 1.29 is 14.5 Å². The van der Waals surface area contributed by atoms with Crippen molar-refractivity contribution in [2.24, 2.45) is 0 Å². The van der Waals surface area contributed by atoms with Crippen molar-refractivity contribution in [3.8, 4) is 5.75 Å². The van der Waals surface area contributed by atoms with Gasteiger partial charge in [-0.1, -0.05) is 23.7 Å². The molecule has 0 radical (unpaired) electrons. The van der Waals surface area contributed by atoms with Crippen molar-refractivity contribution in [1.29, 1.82) is 0 Å². The molecule has 0 atom stereocenters. The van der Waals surface area contributed by atoms with Gasteiger partial charge in [-0.15, -0.1) is 0 Å². The van der Waals surface area contributed by atoms with Crippen LogP contribution in [0.2, 0.25) is 5.02 Å². The first kappa shape index (κ1) is 15.0.